The lowest BCUT2D eigenvalue weighted by atomic mass is 9.97. The monoisotopic (exact) mass is 435 g/mol. The molecule has 1 aromatic carbocycles. The Morgan fingerprint density at radius 3 is 2.84 bits per heavy atom. The van der Waals surface area contributed by atoms with Gasteiger partial charge in [-0.25, -0.2) is 9.37 Å². The SMILES string of the molecule is C=CCn1c(Nc2cnn(Cc3ccc(F)cc3)c2)nc2sc3c(c2c1=O)CCCC3. The van der Waals surface area contributed by atoms with Gasteiger partial charge in [-0.3, -0.25) is 14.0 Å². The molecule has 5 rings (SSSR count). The zero-order chi connectivity index (χ0) is 21.4. The van der Waals surface area contributed by atoms with E-state index in [1.165, 1.54) is 29.0 Å². The van der Waals surface area contributed by atoms with Crippen LogP contribution in [-0.2, 0) is 25.9 Å². The van der Waals surface area contributed by atoms with Gasteiger partial charge in [0.25, 0.3) is 5.56 Å². The van der Waals surface area contributed by atoms with E-state index in [0.717, 1.165) is 40.7 Å². The van der Waals surface area contributed by atoms with Crippen LogP contribution in [0.2, 0.25) is 0 Å². The highest BCUT2D eigenvalue weighted by Gasteiger charge is 2.22. The molecule has 0 bridgehead atoms. The summed E-state index contributed by atoms with van der Waals surface area (Å²) in [5.74, 6) is 0.223. The van der Waals surface area contributed by atoms with E-state index in [2.05, 4.69) is 17.0 Å². The molecule has 8 heteroatoms. The van der Waals surface area contributed by atoms with E-state index in [9.17, 15) is 9.18 Å². The zero-order valence-corrected chi connectivity index (χ0v) is 17.8. The van der Waals surface area contributed by atoms with Crippen molar-refractivity contribution in [2.75, 3.05) is 5.32 Å². The van der Waals surface area contributed by atoms with E-state index in [1.807, 2.05) is 6.20 Å². The van der Waals surface area contributed by atoms with Crippen LogP contribution in [0, 0.1) is 5.82 Å². The molecule has 3 heterocycles. The van der Waals surface area contributed by atoms with Gasteiger partial charge in [0, 0.05) is 17.6 Å². The highest BCUT2D eigenvalue weighted by Crippen LogP contribution is 2.34. The summed E-state index contributed by atoms with van der Waals surface area (Å²) in [6, 6.07) is 6.34. The van der Waals surface area contributed by atoms with Crippen molar-refractivity contribution >= 4 is 33.2 Å². The van der Waals surface area contributed by atoms with Crippen LogP contribution in [-0.4, -0.2) is 19.3 Å². The number of anilines is 2. The van der Waals surface area contributed by atoms with Gasteiger partial charge in [-0.1, -0.05) is 18.2 Å². The minimum absolute atomic E-state index is 0.0227. The number of fused-ring (bicyclic) bond motifs is 3. The molecule has 0 unspecified atom stereocenters. The summed E-state index contributed by atoms with van der Waals surface area (Å²) >= 11 is 1.63. The Labute approximate surface area is 182 Å². The molecule has 3 aromatic heterocycles. The molecule has 0 spiro atoms. The first-order valence-corrected chi connectivity index (χ1v) is 11.1. The molecule has 1 aliphatic rings. The quantitative estimate of drug-likeness (QED) is 0.448. The van der Waals surface area contributed by atoms with Crippen LogP contribution in [0.3, 0.4) is 0 Å². The maximum Gasteiger partial charge on any atom is 0.264 e. The number of allylic oxidation sites excluding steroid dienone is 1. The topological polar surface area (TPSA) is 64.7 Å². The highest BCUT2D eigenvalue weighted by atomic mass is 32.1. The maximum absolute atomic E-state index is 13.3. The Morgan fingerprint density at radius 2 is 2.03 bits per heavy atom. The summed E-state index contributed by atoms with van der Waals surface area (Å²) in [5.41, 5.74) is 2.83. The lowest BCUT2D eigenvalue weighted by Gasteiger charge is -2.13. The van der Waals surface area contributed by atoms with Crippen molar-refractivity contribution in [2.24, 2.45) is 0 Å². The van der Waals surface area contributed by atoms with Gasteiger partial charge >= 0.3 is 0 Å². The second-order valence-corrected chi connectivity index (χ2v) is 8.79. The normalized spacial score (nSPS) is 13.3. The summed E-state index contributed by atoms with van der Waals surface area (Å²) < 4.78 is 16.5. The fourth-order valence-electron chi connectivity index (χ4n) is 4.05. The fourth-order valence-corrected chi connectivity index (χ4v) is 5.30. The van der Waals surface area contributed by atoms with E-state index >= 15 is 0 Å². The molecule has 0 saturated heterocycles. The summed E-state index contributed by atoms with van der Waals surface area (Å²) in [4.78, 5) is 20.2. The number of hydrogen-bond donors (Lipinski definition) is 1. The third-order valence-electron chi connectivity index (χ3n) is 5.53. The van der Waals surface area contributed by atoms with E-state index in [-0.39, 0.29) is 11.4 Å². The number of aryl methyl sites for hydroxylation is 2. The molecule has 158 valence electrons. The van der Waals surface area contributed by atoms with Crippen molar-refractivity contribution in [3.05, 3.63) is 81.5 Å². The molecule has 0 amide bonds. The van der Waals surface area contributed by atoms with Gasteiger partial charge in [0.2, 0.25) is 5.95 Å². The Kier molecular flexibility index (Phi) is 5.15. The van der Waals surface area contributed by atoms with Gasteiger partial charge in [-0.05, 0) is 48.9 Å². The number of aromatic nitrogens is 4. The Morgan fingerprint density at radius 1 is 1.23 bits per heavy atom. The second-order valence-electron chi connectivity index (χ2n) is 7.71. The molecule has 0 saturated carbocycles. The minimum atomic E-state index is -0.261. The maximum atomic E-state index is 13.3. The van der Waals surface area contributed by atoms with Crippen molar-refractivity contribution in [1.82, 2.24) is 19.3 Å². The highest BCUT2D eigenvalue weighted by molar-refractivity contribution is 7.18. The first-order valence-electron chi connectivity index (χ1n) is 10.3. The third kappa shape index (κ3) is 3.79. The summed E-state index contributed by atoms with van der Waals surface area (Å²) in [6.07, 6.45) is 9.50. The van der Waals surface area contributed by atoms with Gasteiger partial charge in [0.15, 0.2) is 0 Å². The average Bonchev–Trinajstić information content (AvgIpc) is 3.36. The molecule has 1 N–H and O–H groups in total. The zero-order valence-electron chi connectivity index (χ0n) is 17.0. The third-order valence-corrected chi connectivity index (χ3v) is 6.72. The first-order chi connectivity index (χ1) is 15.1. The van der Waals surface area contributed by atoms with Crippen LogP contribution in [0.1, 0.15) is 28.8 Å². The summed E-state index contributed by atoms with van der Waals surface area (Å²) in [7, 11) is 0. The number of nitrogens with one attached hydrogen (secondary N) is 1. The van der Waals surface area contributed by atoms with Crippen LogP contribution in [0.5, 0.6) is 0 Å². The molecular weight excluding hydrogens is 413 g/mol. The number of thiophene rings is 1. The molecule has 0 atom stereocenters. The lowest BCUT2D eigenvalue weighted by molar-refractivity contribution is 0.624. The predicted octanol–water partition coefficient (Wildman–Crippen LogP) is 4.65. The van der Waals surface area contributed by atoms with E-state index < -0.39 is 0 Å². The molecule has 0 aliphatic heterocycles. The Bertz CT molecular complexity index is 1320. The van der Waals surface area contributed by atoms with Gasteiger partial charge < -0.3 is 5.32 Å². The standard InChI is InChI=1S/C23H22FN5OS/c1-2-11-29-22(30)20-18-5-3-4-6-19(18)31-21(20)27-23(29)26-17-12-25-28(14-17)13-15-7-9-16(24)10-8-15/h2,7-10,12,14H,1,3-6,11,13H2,(H,26,27). The van der Waals surface area contributed by atoms with Crippen molar-refractivity contribution in [3.8, 4) is 0 Å². The van der Waals surface area contributed by atoms with Crippen LogP contribution in [0.25, 0.3) is 10.2 Å². The first kappa shape index (κ1) is 19.7. The molecule has 0 fully saturated rings. The van der Waals surface area contributed by atoms with Crippen LogP contribution < -0.4 is 10.9 Å². The second kappa shape index (κ2) is 8.11. The van der Waals surface area contributed by atoms with E-state index in [4.69, 9.17) is 4.98 Å². The lowest BCUT2D eigenvalue weighted by Crippen LogP contribution is -2.24. The van der Waals surface area contributed by atoms with E-state index in [0.29, 0.717) is 19.0 Å². The van der Waals surface area contributed by atoms with Crippen molar-refractivity contribution in [2.45, 2.75) is 38.8 Å². The number of benzene rings is 1. The van der Waals surface area contributed by atoms with Crippen molar-refractivity contribution in [1.29, 1.82) is 0 Å². The number of halogens is 1. The summed E-state index contributed by atoms with van der Waals surface area (Å²) in [5, 5.41) is 8.39. The fraction of sp³-hybridized carbons (Fsp3) is 0.261. The van der Waals surface area contributed by atoms with Gasteiger partial charge in [0.05, 0.1) is 23.8 Å². The van der Waals surface area contributed by atoms with Crippen LogP contribution in [0.15, 0.2) is 54.1 Å². The minimum Gasteiger partial charge on any atom is -0.323 e. The Balaban J connectivity index is 1.48. The number of rotatable bonds is 6. The number of nitrogens with zero attached hydrogens (tertiary/aromatic N) is 4. The number of hydrogen-bond acceptors (Lipinski definition) is 5. The molecule has 6 nitrogen and oxygen atoms in total. The molecule has 0 radical (unpaired) electrons. The molecular formula is C23H22FN5OS. The van der Waals surface area contributed by atoms with E-state index in [1.54, 1.807) is 45.0 Å². The molecule has 4 aromatic rings. The Hall–Kier alpha value is -3.26. The van der Waals surface area contributed by atoms with Gasteiger partial charge in [-0.2, -0.15) is 5.10 Å². The molecule has 31 heavy (non-hydrogen) atoms. The summed E-state index contributed by atoms with van der Waals surface area (Å²) in [6.45, 7) is 4.69. The smallest absolute Gasteiger partial charge is 0.264 e. The van der Waals surface area contributed by atoms with Crippen molar-refractivity contribution < 1.29 is 4.39 Å². The largest absolute Gasteiger partial charge is 0.323 e. The predicted molar refractivity (Wildman–Crippen MR) is 122 cm³/mol. The molecule has 1 aliphatic carbocycles. The van der Waals surface area contributed by atoms with Crippen molar-refractivity contribution in [3.63, 3.8) is 0 Å². The van der Waals surface area contributed by atoms with Crippen LogP contribution >= 0.6 is 11.3 Å². The van der Waals surface area contributed by atoms with Gasteiger partial charge in [-0.15, -0.1) is 17.9 Å². The average molecular weight is 436 g/mol. The van der Waals surface area contributed by atoms with Gasteiger partial charge in [0.1, 0.15) is 10.6 Å². The van der Waals surface area contributed by atoms with Crippen LogP contribution in [0.4, 0.5) is 16.0 Å².